The van der Waals surface area contributed by atoms with Crippen LogP contribution in [0.15, 0.2) is 24.3 Å². The van der Waals surface area contributed by atoms with Crippen LogP contribution in [0.25, 0.3) is 0 Å². The van der Waals surface area contributed by atoms with Gasteiger partial charge in [-0.2, -0.15) is 0 Å². The summed E-state index contributed by atoms with van der Waals surface area (Å²) in [6.45, 7) is 5.45. The van der Waals surface area contributed by atoms with Crippen molar-refractivity contribution >= 4 is 23.7 Å². The lowest BCUT2D eigenvalue weighted by molar-refractivity contribution is -0.152. The van der Waals surface area contributed by atoms with Gasteiger partial charge in [0.05, 0.1) is 18.7 Å². The van der Waals surface area contributed by atoms with Crippen molar-refractivity contribution in [2.75, 3.05) is 6.67 Å². The molecule has 0 bridgehead atoms. The molecule has 8 nitrogen and oxygen atoms in total. The van der Waals surface area contributed by atoms with Crippen LogP contribution in [-0.2, 0) is 20.9 Å². The molecule has 1 unspecified atom stereocenters. The zero-order valence-electron chi connectivity index (χ0n) is 15.7. The summed E-state index contributed by atoms with van der Waals surface area (Å²) >= 11 is 0. The molecule has 1 atom stereocenters. The molecule has 8 heteroatoms. The molecule has 1 heterocycles. The predicted molar refractivity (Wildman–Crippen MR) is 97.6 cm³/mol. The molecule has 3 amide bonds. The zero-order valence-corrected chi connectivity index (χ0v) is 15.7. The van der Waals surface area contributed by atoms with E-state index in [-0.39, 0.29) is 37.0 Å². The van der Waals surface area contributed by atoms with Crippen molar-refractivity contribution in [3.8, 4) is 0 Å². The highest BCUT2D eigenvalue weighted by Gasteiger charge is 2.40. The summed E-state index contributed by atoms with van der Waals surface area (Å²) in [5.74, 6) is -2.08. The number of carboxylic acid groups (broad SMARTS) is 1. The molecular weight excluding hydrogens is 350 g/mol. The van der Waals surface area contributed by atoms with Crippen molar-refractivity contribution in [2.45, 2.75) is 46.2 Å². The summed E-state index contributed by atoms with van der Waals surface area (Å²) in [5, 5.41) is 14.5. The Balaban J connectivity index is 2.15. The van der Waals surface area contributed by atoms with Gasteiger partial charge >= 0.3 is 5.97 Å². The maximum absolute atomic E-state index is 12.8. The first-order valence-electron chi connectivity index (χ1n) is 8.84. The lowest BCUT2D eigenvalue weighted by Gasteiger charge is -2.39. The Morgan fingerprint density at radius 2 is 1.96 bits per heavy atom. The average Bonchev–Trinajstić information content (AvgIpc) is 2.65. The third-order valence-corrected chi connectivity index (χ3v) is 4.93. The molecule has 0 radical (unpaired) electrons. The molecule has 146 valence electrons. The molecule has 1 saturated heterocycles. The van der Waals surface area contributed by atoms with Gasteiger partial charge in [0.15, 0.2) is 0 Å². The Bertz CT molecular complexity index is 759. The van der Waals surface area contributed by atoms with Gasteiger partial charge in [0.1, 0.15) is 6.04 Å². The van der Waals surface area contributed by atoms with E-state index in [9.17, 15) is 24.3 Å². The largest absolute Gasteiger partial charge is 0.478 e. The Morgan fingerprint density at radius 1 is 1.30 bits per heavy atom. The first-order valence-corrected chi connectivity index (χ1v) is 8.84. The number of carboxylic acids is 1. The fourth-order valence-electron chi connectivity index (χ4n) is 2.81. The number of hydrogen-bond acceptors (Lipinski definition) is 4. The quantitative estimate of drug-likeness (QED) is 0.689. The second kappa shape index (κ2) is 8.20. The summed E-state index contributed by atoms with van der Waals surface area (Å²) < 4.78 is 0. The molecule has 0 spiro atoms. The van der Waals surface area contributed by atoms with E-state index in [1.807, 2.05) is 6.92 Å². The van der Waals surface area contributed by atoms with Crippen LogP contribution in [0.5, 0.6) is 0 Å². The number of hydrogen-bond donors (Lipinski definition) is 3. The van der Waals surface area contributed by atoms with Crippen LogP contribution in [0, 0.1) is 5.41 Å². The second-order valence-corrected chi connectivity index (χ2v) is 7.17. The molecule has 0 aliphatic carbocycles. The topological polar surface area (TPSA) is 116 Å². The molecule has 27 heavy (non-hydrogen) atoms. The van der Waals surface area contributed by atoms with Gasteiger partial charge < -0.3 is 20.6 Å². The van der Waals surface area contributed by atoms with Crippen LogP contribution in [0.3, 0.4) is 0 Å². The molecule has 3 N–H and O–H groups in total. The number of aromatic carboxylic acids is 1. The minimum absolute atomic E-state index is 0.00136. The van der Waals surface area contributed by atoms with E-state index in [0.29, 0.717) is 12.0 Å². The van der Waals surface area contributed by atoms with Crippen molar-refractivity contribution in [3.63, 3.8) is 0 Å². The molecule has 1 fully saturated rings. The fourth-order valence-corrected chi connectivity index (χ4v) is 2.81. The van der Waals surface area contributed by atoms with Crippen molar-refractivity contribution in [1.29, 1.82) is 0 Å². The van der Waals surface area contributed by atoms with E-state index < -0.39 is 23.3 Å². The van der Waals surface area contributed by atoms with Gasteiger partial charge in [0, 0.05) is 12.0 Å². The molecular formula is C19H25N3O5. The van der Waals surface area contributed by atoms with Crippen LogP contribution in [0.2, 0.25) is 0 Å². The number of carbonyl (C=O) groups excluding carboxylic acids is 3. The van der Waals surface area contributed by atoms with Crippen molar-refractivity contribution in [1.82, 2.24) is 15.5 Å². The molecule has 1 aliphatic rings. The molecule has 1 aromatic carbocycles. The standard InChI is InChI=1S/C19H25N3O5/c1-4-19(2,3)18(27)22-11-21-15(23)9-14(22)16(24)20-10-12-7-5-6-8-13(12)17(25)26/h5-8,14H,4,9-11H2,1-3H3,(H,20,24)(H,21,23)(H,25,26). The van der Waals surface area contributed by atoms with E-state index in [1.54, 1.807) is 32.0 Å². The maximum Gasteiger partial charge on any atom is 0.336 e. The van der Waals surface area contributed by atoms with E-state index >= 15 is 0 Å². The highest BCUT2D eigenvalue weighted by atomic mass is 16.4. The second-order valence-electron chi connectivity index (χ2n) is 7.17. The maximum atomic E-state index is 12.8. The Kier molecular flexibility index (Phi) is 6.20. The Hall–Kier alpha value is -2.90. The number of amides is 3. The van der Waals surface area contributed by atoms with Gasteiger partial charge in [-0.1, -0.05) is 39.0 Å². The minimum atomic E-state index is -1.08. The van der Waals surface area contributed by atoms with Crippen LogP contribution in [-0.4, -0.2) is 46.4 Å². The molecule has 0 aromatic heterocycles. The first kappa shape index (κ1) is 20.4. The monoisotopic (exact) mass is 375 g/mol. The van der Waals surface area contributed by atoms with E-state index in [1.165, 1.54) is 11.0 Å². The van der Waals surface area contributed by atoms with Gasteiger partial charge in [-0.15, -0.1) is 0 Å². The first-order chi connectivity index (χ1) is 12.7. The number of rotatable bonds is 6. The summed E-state index contributed by atoms with van der Waals surface area (Å²) in [6, 6.07) is 5.43. The van der Waals surface area contributed by atoms with Gasteiger partial charge in [-0.05, 0) is 18.1 Å². The highest BCUT2D eigenvalue weighted by molar-refractivity contribution is 5.95. The summed E-state index contributed by atoms with van der Waals surface area (Å²) in [5.41, 5.74) is -0.110. The molecule has 1 aromatic rings. The molecule has 2 rings (SSSR count). The smallest absolute Gasteiger partial charge is 0.336 e. The lowest BCUT2D eigenvalue weighted by Crippen LogP contribution is -2.61. The summed E-state index contributed by atoms with van der Waals surface area (Å²) in [4.78, 5) is 49.9. The van der Waals surface area contributed by atoms with Crippen molar-refractivity contribution in [2.24, 2.45) is 5.41 Å². The van der Waals surface area contributed by atoms with Gasteiger partial charge in [-0.3, -0.25) is 14.4 Å². The average molecular weight is 375 g/mol. The highest BCUT2D eigenvalue weighted by Crippen LogP contribution is 2.25. The van der Waals surface area contributed by atoms with Gasteiger partial charge in [0.25, 0.3) is 0 Å². The van der Waals surface area contributed by atoms with Crippen LogP contribution < -0.4 is 10.6 Å². The minimum Gasteiger partial charge on any atom is -0.478 e. The number of nitrogens with zero attached hydrogens (tertiary/aromatic N) is 1. The summed E-state index contributed by atoms with van der Waals surface area (Å²) in [7, 11) is 0. The lowest BCUT2D eigenvalue weighted by atomic mass is 9.87. The molecule has 1 aliphatic heterocycles. The predicted octanol–water partition coefficient (Wildman–Crippen LogP) is 1.11. The SMILES string of the molecule is CCC(C)(C)C(=O)N1CNC(=O)CC1C(=O)NCc1ccccc1C(=O)O. The zero-order chi connectivity index (χ0) is 20.2. The van der Waals surface area contributed by atoms with Crippen LogP contribution in [0.4, 0.5) is 0 Å². The number of nitrogens with one attached hydrogen (secondary N) is 2. The third-order valence-electron chi connectivity index (χ3n) is 4.93. The Morgan fingerprint density at radius 3 is 2.59 bits per heavy atom. The van der Waals surface area contributed by atoms with Gasteiger partial charge in [0.2, 0.25) is 17.7 Å². The summed E-state index contributed by atoms with van der Waals surface area (Å²) in [6.07, 6.45) is 0.467. The van der Waals surface area contributed by atoms with Crippen LogP contribution >= 0.6 is 0 Å². The Labute approximate surface area is 157 Å². The fraction of sp³-hybridized carbons (Fsp3) is 0.474. The number of benzene rings is 1. The van der Waals surface area contributed by atoms with E-state index in [0.717, 1.165) is 0 Å². The molecule has 0 saturated carbocycles. The van der Waals surface area contributed by atoms with Crippen LogP contribution in [0.1, 0.15) is 49.5 Å². The van der Waals surface area contributed by atoms with Crippen molar-refractivity contribution < 1.29 is 24.3 Å². The van der Waals surface area contributed by atoms with E-state index in [2.05, 4.69) is 10.6 Å². The van der Waals surface area contributed by atoms with Crippen molar-refractivity contribution in [3.05, 3.63) is 35.4 Å². The normalized spacial score (nSPS) is 17.2. The third kappa shape index (κ3) is 4.64. The van der Waals surface area contributed by atoms with E-state index in [4.69, 9.17) is 0 Å². The van der Waals surface area contributed by atoms with Gasteiger partial charge in [-0.25, -0.2) is 4.79 Å². The number of carbonyl (C=O) groups is 4.